The third kappa shape index (κ3) is 3.32. The number of para-hydroxylation sites is 2. The Bertz CT molecular complexity index is 851. The number of carbonyl (C=O) groups is 1. The third-order valence-corrected chi connectivity index (χ3v) is 4.30. The van der Waals surface area contributed by atoms with Crippen LogP contribution in [0.25, 0.3) is 11.0 Å². The monoisotopic (exact) mass is 321 g/mol. The predicted octanol–water partition coefficient (Wildman–Crippen LogP) is 3.73. The van der Waals surface area contributed by atoms with Crippen molar-refractivity contribution in [3.63, 3.8) is 0 Å². The summed E-state index contributed by atoms with van der Waals surface area (Å²) in [5, 5.41) is 3.01. The number of amides is 1. The average molecular weight is 321 g/mol. The molecule has 0 atom stereocenters. The van der Waals surface area contributed by atoms with Crippen molar-refractivity contribution in [1.82, 2.24) is 14.9 Å². The van der Waals surface area contributed by atoms with Crippen molar-refractivity contribution in [3.8, 4) is 0 Å². The Labute approximate surface area is 142 Å². The fraction of sp³-hybridized carbons (Fsp3) is 0.300. The van der Waals surface area contributed by atoms with E-state index in [1.165, 1.54) is 5.52 Å². The molecular formula is C20H23N3O. The van der Waals surface area contributed by atoms with Crippen molar-refractivity contribution in [3.05, 3.63) is 65.5 Å². The first-order valence-electron chi connectivity index (χ1n) is 8.48. The molecule has 1 amide bonds. The summed E-state index contributed by atoms with van der Waals surface area (Å²) in [5.41, 5.74) is 3.97. The number of fused-ring (bicyclic) bond motifs is 1. The Morgan fingerprint density at radius 1 is 1.12 bits per heavy atom. The molecule has 0 fully saturated rings. The molecule has 0 radical (unpaired) electrons. The van der Waals surface area contributed by atoms with Gasteiger partial charge in [0.2, 0.25) is 0 Å². The van der Waals surface area contributed by atoms with Gasteiger partial charge in [0.05, 0.1) is 11.0 Å². The van der Waals surface area contributed by atoms with Crippen LogP contribution >= 0.6 is 0 Å². The van der Waals surface area contributed by atoms with Crippen LogP contribution in [0.3, 0.4) is 0 Å². The second kappa shape index (κ2) is 7.30. The number of benzene rings is 2. The van der Waals surface area contributed by atoms with Crippen LogP contribution < -0.4 is 5.32 Å². The summed E-state index contributed by atoms with van der Waals surface area (Å²) < 4.78 is 2.25. The van der Waals surface area contributed by atoms with Crippen molar-refractivity contribution < 1.29 is 4.79 Å². The van der Waals surface area contributed by atoms with Gasteiger partial charge in [-0.25, -0.2) is 4.98 Å². The number of imidazole rings is 1. The molecular weight excluding hydrogens is 298 g/mol. The Morgan fingerprint density at radius 2 is 1.88 bits per heavy atom. The molecule has 1 N–H and O–H groups in total. The quantitative estimate of drug-likeness (QED) is 0.703. The Kier molecular flexibility index (Phi) is 4.94. The van der Waals surface area contributed by atoms with Crippen LogP contribution in [0.2, 0.25) is 0 Å². The summed E-state index contributed by atoms with van der Waals surface area (Å²) >= 11 is 0. The lowest BCUT2D eigenvalue weighted by molar-refractivity contribution is 0.0952. The molecule has 4 nitrogen and oxygen atoms in total. The van der Waals surface area contributed by atoms with Crippen LogP contribution in [0.5, 0.6) is 0 Å². The molecule has 4 heteroatoms. The molecule has 0 saturated heterocycles. The van der Waals surface area contributed by atoms with Crippen molar-refractivity contribution in [2.24, 2.45) is 0 Å². The highest BCUT2D eigenvalue weighted by atomic mass is 16.1. The SMILES string of the molecule is CCn1c(CCCNC(=O)c2ccccc2C)nc2ccccc21. The highest BCUT2D eigenvalue weighted by Gasteiger charge is 2.10. The number of carbonyl (C=O) groups excluding carboxylic acids is 1. The van der Waals surface area contributed by atoms with Gasteiger partial charge < -0.3 is 9.88 Å². The normalized spacial score (nSPS) is 10.9. The van der Waals surface area contributed by atoms with Crippen LogP contribution in [-0.2, 0) is 13.0 Å². The van der Waals surface area contributed by atoms with E-state index in [9.17, 15) is 4.79 Å². The van der Waals surface area contributed by atoms with E-state index in [-0.39, 0.29) is 5.91 Å². The van der Waals surface area contributed by atoms with Gasteiger partial charge in [0.15, 0.2) is 0 Å². The summed E-state index contributed by atoms with van der Waals surface area (Å²) in [6.45, 7) is 5.65. The maximum absolute atomic E-state index is 12.2. The summed E-state index contributed by atoms with van der Waals surface area (Å²) in [6, 6.07) is 15.9. The van der Waals surface area contributed by atoms with Crippen LogP contribution in [-0.4, -0.2) is 22.0 Å². The third-order valence-electron chi connectivity index (χ3n) is 4.30. The molecule has 0 saturated carbocycles. The van der Waals surface area contributed by atoms with E-state index in [1.807, 2.05) is 49.4 Å². The van der Waals surface area contributed by atoms with Crippen molar-refractivity contribution in [1.29, 1.82) is 0 Å². The molecule has 1 aromatic heterocycles. The first kappa shape index (κ1) is 16.2. The van der Waals surface area contributed by atoms with Crippen LogP contribution in [0.1, 0.15) is 35.1 Å². The number of hydrogen-bond donors (Lipinski definition) is 1. The van der Waals surface area contributed by atoms with E-state index in [2.05, 4.69) is 22.9 Å². The maximum atomic E-state index is 12.2. The lowest BCUT2D eigenvalue weighted by atomic mass is 10.1. The van der Waals surface area contributed by atoms with E-state index in [0.717, 1.165) is 41.9 Å². The number of nitrogens with zero attached hydrogens (tertiary/aromatic N) is 2. The Balaban J connectivity index is 1.59. The van der Waals surface area contributed by atoms with Crippen LogP contribution in [0, 0.1) is 6.92 Å². The summed E-state index contributed by atoms with van der Waals surface area (Å²) in [5.74, 6) is 1.08. The summed E-state index contributed by atoms with van der Waals surface area (Å²) in [7, 11) is 0. The highest BCUT2D eigenvalue weighted by Crippen LogP contribution is 2.16. The van der Waals surface area contributed by atoms with E-state index in [4.69, 9.17) is 4.98 Å². The smallest absolute Gasteiger partial charge is 0.251 e. The molecule has 3 rings (SSSR count). The second-order valence-electron chi connectivity index (χ2n) is 5.94. The number of nitrogens with one attached hydrogen (secondary N) is 1. The number of aromatic nitrogens is 2. The zero-order valence-corrected chi connectivity index (χ0v) is 14.2. The molecule has 0 bridgehead atoms. The van der Waals surface area contributed by atoms with Gasteiger partial charge >= 0.3 is 0 Å². The van der Waals surface area contributed by atoms with Gasteiger partial charge in [-0.1, -0.05) is 30.3 Å². The lowest BCUT2D eigenvalue weighted by Gasteiger charge is -2.08. The van der Waals surface area contributed by atoms with Crippen molar-refractivity contribution in [2.75, 3.05) is 6.54 Å². The van der Waals surface area contributed by atoms with Gasteiger partial charge in [-0.15, -0.1) is 0 Å². The molecule has 0 aliphatic carbocycles. The van der Waals surface area contributed by atoms with Gasteiger partial charge in [-0.3, -0.25) is 4.79 Å². The highest BCUT2D eigenvalue weighted by molar-refractivity contribution is 5.95. The number of aryl methyl sites for hydroxylation is 3. The van der Waals surface area contributed by atoms with Crippen LogP contribution in [0.4, 0.5) is 0 Å². The molecule has 0 unspecified atom stereocenters. The minimum absolute atomic E-state index is 0.00269. The molecule has 24 heavy (non-hydrogen) atoms. The molecule has 1 heterocycles. The zero-order valence-electron chi connectivity index (χ0n) is 14.2. The standard InChI is InChI=1S/C20H23N3O/c1-3-23-18-12-7-6-11-17(18)22-19(23)13-8-14-21-20(24)16-10-5-4-9-15(16)2/h4-7,9-12H,3,8,13-14H2,1-2H3,(H,21,24). The van der Waals surface area contributed by atoms with Gasteiger partial charge in [-0.2, -0.15) is 0 Å². The number of hydrogen-bond acceptors (Lipinski definition) is 2. The van der Waals surface area contributed by atoms with Gasteiger partial charge in [0.25, 0.3) is 5.91 Å². The zero-order chi connectivity index (χ0) is 16.9. The summed E-state index contributed by atoms with van der Waals surface area (Å²) in [4.78, 5) is 16.9. The number of rotatable bonds is 6. The molecule has 0 aliphatic rings. The minimum Gasteiger partial charge on any atom is -0.352 e. The van der Waals surface area contributed by atoms with Crippen LogP contribution in [0.15, 0.2) is 48.5 Å². The molecule has 0 aliphatic heterocycles. The van der Waals surface area contributed by atoms with Crippen molar-refractivity contribution in [2.45, 2.75) is 33.2 Å². The molecule has 3 aromatic rings. The fourth-order valence-electron chi connectivity index (χ4n) is 3.04. The predicted molar refractivity (Wildman–Crippen MR) is 97.2 cm³/mol. The molecule has 2 aromatic carbocycles. The fourth-order valence-corrected chi connectivity index (χ4v) is 3.04. The van der Waals surface area contributed by atoms with E-state index in [1.54, 1.807) is 0 Å². The topological polar surface area (TPSA) is 46.9 Å². The Hall–Kier alpha value is -2.62. The average Bonchev–Trinajstić information content (AvgIpc) is 2.96. The van der Waals surface area contributed by atoms with Gasteiger partial charge in [0, 0.05) is 25.1 Å². The van der Waals surface area contributed by atoms with Gasteiger partial charge in [0.1, 0.15) is 5.82 Å². The Morgan fingerprint density at radius 3 is 2.67 bits per heavy atom. The lowest BCUT2D eigenvalue weighted by Crippen LogP contribution is -2.25. The van der Waals surface area contributed by atoms with Crippen molar-refractivity contribution >= 4 is 16.9 Å². The maximum Gasteiger partial charge on any atom is 0.251 e. The summed E-state index contributed by atoms with van der Waals surface area (Å²) in [6.07, 6.45) is 1.73. The van der Waals surface area contributed by atoms with E-state index < -0.39 is 0 Å². The second-order valence-corrected chi connectivity index (χ2v) is 5.94. The first-order chi connectivity index (χ1) is 11.7. The van der Waals surface area contributed by atoms with E-state index in [0.29, 0.717) is 6.54 Å². The van der Waals surface area contributed by atoms with Gasteiger partial charge in [-0.05, 0) is 44.0 Å². The largest absolute Gasteiger partial charge is 0.352 e. The minimum atomic E-state index is -0.00269. The first-order valence-corrected chi connectivity index (χ1v) is 8.48. The van der Waals surface area contributed by atoms with E-state index >= 15 is 0 Å². The molecule has 124 valence electrons. The molecule has 0 spiro atoms.